The normalized spacial score (nSPS) is 16.4. The maximum absolute atomic E-state index is 13.4. The number of carbonyl (C=O) groups is 2. The SMILES string of the molecule is O=C(N[C@@H](Cc1ccc2ccccc2c1)C(=O)N1CCC[C@H]1B(O)O)OCc1ccccc1. The molecule has 1 heterocycles. The van der Waals surface area contributed by atoms with Crippen LogP contribution in [0.3, 0.4) is 0 Å². The highest BCUT2D eigenvalue weighted by Gasteiger charge is 2.39. The van der Waals surface area contributed by atoms with Gasteiger partial charge in [-0.2, -0.15) is 0 Å². The average molecular weight is 446 g/mol. The third-order valence-electron chi connectivity index (χ3n) is 5.98. The van der Waals surface area contributed by atoms with Crippen LogP contribution in [-0.4, -0.2) is 52.6 Å². The number of carbonyl (C=O) groups excluding carboxylic acids is 2. The van der Waals surface area contributed by atoms with Crippen LogP contribution < -0.4 is 5.32 Å². The molecule has 0 aliphatic carbocycles. The van der Waals surface area contributed by atoms with Gasteiger partial charge >= 0.3 is 13.2 Å². The fourth-order valence-corrected chi connectivity index (χ4v) is 4.28. The van der Waals surface area contributed by atoms with E-state index in [9.17, 15) is 19.6 Å². The monoisotopic (exact) mass is 446 g/mol. The summed E-state index contributed by atoms with van der Waals surface area (Å²) in [7, 11) is -1.62. The molecule has 1 aliphatic rings. The Morgan fingerprint density at radius 1 is 1.00 bits per heavy atom. The Kier molecular flexibility index (Phi) is 7.27. The molecule has 3 N–H and O–H groups in total. The zero-order valence-electron chi connectivity index (χ0n) is 18.3. The van der Waals surface area contributed by atoms with Gasteiger partial charge < -0.3 is 25.0 Å². The van der Waals surface area contributed by atoms with Crippen LogP contribution in [0.25, 0.3) is 10.8 Å². The first-order valence-corrected chi connectivity index (χ1v) is 11.1. The summed E-state index contributed by atoms with van der Waals surface area (Å²) in [5.41, 5.74) is 1.73. The van der Waals surface area contributed by atoms with Crippen molar-refractivity contribution in [2.75, 3.05) is 6.54 Å². The van der Waals surface area contributed by atoms with E-state index in [0.717, 1.165) is 21.9 Å². The van der Waals surface area contributed by atoms with Gasteiger partial charge in [0.05, 0.1) is 5.94 Å². The highest BCUT2D eigenvalue weighted by atomic mass is 16.5. The molecule has 3 aromatic rings. The predicted molar refractivity (Wildman–Crippen MR) is 126 cm³/mol. The van der Waals surface area contributed by atoms with Crippen molar-refractivity contribution in [1.29, 1.82) is 0 Å². The first-order chi connectivity index (χ1) is 16.0. The minimum absolute atomic E-state index is 0.0885. The number of rotatable bonds is 7. The number of likely N-dealkylation sites (tertiary alicyclic amines) is 1. The van der Waals surface area contributed by atoms with E-state index in [0.29, 0.717) is 19.4 Å². The Labute approximate surface area is 193 Å². The first-order valence-electron chi connectivity index (χ1n) is 11.1. The molecule has 2 atom stereocenters. The summed E-state index contributed by atoms with van der Waals surface area (Å²) in [6, 6.07) is 22.2. The van der Waals surface area contributed by atoms with Crippen molar-refractivity contribution in [3.63, 3.8) is 0 Å². The van der Waals surface area contributed by atoms with Crippen molar-refractivity contribution in [2.24, 2.45) is 0 Å². The summed E-state index contributed by atoms with van der Waals surface area (Å²) in [5.74, 6) is -1.03. The van der Waals surface area contributed by atoms with Crippen molar-refractivity contribution >= 4 is 29.9 Å². The van der Waals surface area contributed by atoms with Gasteiger partial charge in [0.1, 0.15) is 12.6 Å². The van der Waals surface area contributed by atoms with Crippen LogP contribution in [0, 0.1) is 0 Å². The van der Waals surface area contributed by atoms with Gasteiger partial charge in [-0.1, -0.05) is 72.8 Å². The van der Waals surface area contributed by atoms with E-state index in [2.05, 4.69) is 5.32 Å². The quantitative estimate of drug-likeness (QED) is 0.485. The van der Waals surface area contributed by atoms with Gasteiger partial charge in [-0.3, -0.25) is 4.79 Å². The molecule has 0 unspecified atom stereocenters. The smallest absolute Gasteiger partial charge is 0.445 e. The number of hydrogen-bond acceptors (Lipinski definition) is 5. The van der Waals surface area contributed by atoms with Gasteiger partial charge in [0, 0.05) is 13.0 Å². The number of hydrogen-bond donors (Lipinski definition) is 3. The number of nitrogens with one attached hydrogen (secondary N) is 1. The Bertz CT molecular complexity index is 1110. The molecule has 0 saturated carbocycles. The van der Waals surface area contributed by atoms with Crippen molar-refractivity contribution in [3.05, 3.63) is 83.9 Å². The zero-order chi connectivity index (χ0) is 23.2. The lowest BCUT2D eigenvalue weighted by Crippen LogP contribution is -2.54. The standard InChI is InChI=1S/C25H27BN2O5/c29-24(28-14-6-11-23(28)26(31)32)22(27-25(30)33-17-18-7-2-1-3-8-18)16-19-12-13-20-9-4-5-10-21(20)15-19/h1-5,7-10,12-13,15,22-23,31-32H,6,11,14,16-17H2,(H,27,30)/t22-,23-/m0/s1. The molecule has 7 nitrogen and oxygen atoms in total. The molecule has 1 saturated heterocycles. The van der Waals surface area contributed by atoms with E-state index in [1.54, 1.807) is 0 Å². The van der Waals surface area contributed by atoms with Gasteiger partial charge in [-0.05, 0) is 34.7 Å². The number of amides is 2. The lowest BCUT2D eigenvalue weighted by atomic mass is 9.77. The highest BCUT2D eigenvalue weighted by Crippen LogP contribution is 2.22. The topological polar surface area (TPSA) is 99.1 Å². The summed E-state index contributed by atoms with van der Waals surface area (Å²) in [4.78, 5) is 27.4. The fourth-order valence-electron chi connectivity index (χ4n) is 4.28. The Hall–Kier alpha value is -3.36. The van der Waals surface area contributed by atoms with Gasteiger partial charge in [0.25, 0.3) is 0 Å². The van der Waals surface area contributed by atoms with E-state index >= 15 is 0 Å². The van der Waals surface area contributed by atoms with E-state index in [4.69, 9.17) is 4.74 Å². The fraction of sp³-hybridized carbons (Fsp3) is 0.280. The molecule has 0 radical (unpaired) electrons. The van der Waals surface area contributed by atoms with E-state index < -0.39 is 25.2 Å². The van der Waals surface area contributed by atoms with Gasteiger partial charge in [0.2, 0.25) is 5.91 Å². The van der Waals surface area contributed by atoms with Crippen molar-refractivity contribution < 1.29 is 24.4 Å². The van der Waals surface area contributed by atoms with E-state index in [1.165, 1.54) is 4.90 Å². The zero-order valence-corrected chi connectivity index (χ0v) is 18.3. The summed E-state index contributed by atoms with van der Waals surface area (Å²) in [6.45, 7) is 0.501. The van der Waals surface area contributed by atoms with E-state index in [1.807, 2.05) is 72.8 Å². The summed E-state index contributed by atoms with van der Waals surface area (Å²) in [5, 5.41) is 24.2. The Balaban J connectivity index is 1.51. The summed E-state index contributed by atoms with van der Waals surface area (Å²) >= 11 is 0. The molecule has 0 spiro atoms. The number of alkyl carbamates (subject to hydrolysis) is 1. The molecule has 0 aromatic heterocycles. The highest BCUT2D eigenvalue weighted by molar-refractivity contribution is 6.43. The molecule has 33 heavy (non-hydrogen) atoms. The largest absolute Gasteiger partial charge is 0.475 e. The number of fused-ring (bicyclic) bond motifs is 1. The Morgan fingerprint density at radius 3 is 2.48 bits per heavy atom. The van der Waals surface area contributed by atoms with Crippen LogP contribution in [0.4, 0.5) is 4.79 Å². The van der Waals surface area contributed by atoms with Crippen LogP contribution in [0.1, 0.15) is 24.0 Å². The minimum Gasteiger partial charge on any atom is -0.445 e. The summed E-state index contributed by atoms with van der Waals surface area (Å²) < 4.78 is 5.33. The molecular formula is C25H27BN2O5. The van der Waals surface area contributed by atoms with Crippen LogP contribution in [-0.2, 0) is 22.6 Å². The third kappa shape index (κ3) is 5.72. The maximum Gasteiger partial charge on any atom is 0.475 e. The molecular weight excluding hydrogens is 419 g/mol. The second kappa shape index (κ2) is 10.5. The van der Waals surface area contributed by atoms with Crippen LogP contribution >= 0.6 is 0 Å². The van der Waals surface area contributed by atoms with Crippen LogP contribution in [0.15, 0.2) is 72.8 Å². The molecule has 8 heteroatoms. The first kappa shape index (κ1) is 22.8. The second-order valence-corrected chi connectivity index (χ2v) is 8.30. The maximum atomic E-state index is 13.4. The number of benzene rings is 3. The van der Waals surface area contributed by atoms with Gasteiger partial charge in [-0.25, -0.2) is 4.79 Å². The van der Waals surface area contributed by atoms with Crippen LogP contribution in [0.5, 0.6) is 0 Å². The Morgan fingerprint density at radius 2 is 1.73 bits per heavy atom. The molecule has 0 bridgehead atoms. The van der Waals surface area contributed by atoms with Crippen molar-refractivity contribution in [1.82, 2.24) is 10.2 Å². The molecule has 170 valence electrons. The minimum atomic E-state index is -1.62. The number of nitrogens with zero attached hydrogens (tertiary/aromatic N) is 1. The molecule has 2 amide bonds. The molecule has 3 aromatic carbocycles. The van der Waals surface area contributed by atoms with Crippen molar-refractivity contribution in [3.8, 4) is 0 Å². The van der Waals surface area contributed by atoms with Gasteiger partial charge in [0.15, 0.2) is 0 Å². The lowest BCUT2D eigenvalue weighted by Gasteiger charge is -2.29. The predicted octanol–water partition coefficient (Wildman–Crippen LogP) is 2.68. The molecule has 4 rings (SSSR count). The second-order valence-electron chi connectivity index (χ2n) is 8.30. The average Bonchev–Trinajstić information content (AvgIpc) is 3.33. The number of ether oxygens (including phenoxy) is 1. The summed E-state index contributed by atoms with van der Waals surface area (Å²) in [6.07, 6.45) is 0.743. The third-order valence-corrected chi connectivity index (χ3v) is 5.98. The van der Waals surface area contributed by atoms with Crippen LogP contribution in [0.2, 0.25) is 0 Å². The molecule has 1 fully saturated rings. The lowest BCUT2D eigenvalue weighted by molar-refractivity contribution is -0.133. The van der Waals surface area contributed by atoms with Crippen molar-refractivity contribution in [2.45, 2.75) is 37.9 Å². The van der Waals surface area contributed by atoms with E-state index in [-0.39, 0.29) is 18.9 Å². The molecule has 1 aliphatic heterocycles. The van der Waals surface area contributed by atoms with Gasteiger partial charge in [-0.15, -0.1) is 0 Å².